The molecule has 0 fully saturated rings. The van der Waals surface area contributed by atoms with E-state index < -0.39 is 24.4 Å². The number of aliphatic hydroxyl groups is 1. The zero-order valence-electron chi connectivity index (χ0n) is 21.4. The van der Waals surface area contributed by atoms with Crippen LogP contribution in [0.15, 0.2) is 104 Å². The van der Waals surface area contributed by atoms with Gasteiger partial charge in [-0.25, -0.2) is 0 Å². The van der Waals surface area contributed by atoms with E-state index in [9.17, 15) is 9.90 Å². The van der Waals surface area contributed by atoms with E-state index in [2.05, 4.69) is 11.9 Å². The van der Waals surface area contributed by atoms with Gasteiger partial charge in [-0.1, -0.05) is 97.1 Å². The number of ether oxygens (including phenoxy) is 3. The predicted octanol–water partition coefficient (Wildman–Crippen LogP) is 4.82. The van der Waals surface area contributed by atoms with Crippen molar-refractivity contribution < 1.29 is 24.1 Å². The van der Waals surface area contributed by atoms with Crippen LogP contribution >= 0.6 is 0 Å². The Labute approximate surface area is 219 Å². The van der Waals surface area contributed by atoms with Crippen LogP contribution in [0.25, 0.3) is 0 Å². The van der Waals surface area contributed by atoms with E-state index in [-0.39, 0.29) is 19.1 Å². The minimum atomic E-state index is -1.06. The van der Waals surface area contributed by atoms with Gasteiger partial charge in [-0.2, -0.15) is 0 Å². The van der Waals surface area contributed by atoms with Crippen LogP contribution in [-0.2, 0) is 38.8 Å². The summed E-state index contributed by atoms with van der Waals surface area (Å²) in [6.07, 6.45) is -0.404. The third-order valence-corrected chi connectivity index (χ3v) is 5.91. The lowest BCUT2D eigenvalue weighted by molar-refractivity contribution is -0.159. The highest BCUT2D eigenvalue weighted by Crippen LogP contribution is 2.20. The number of carbonyl (C=O) groups is 1. The summed E-state index contributed by atoms with van der Waals surface area (Å²) in [6.45, 7) is 6.40. The molecule has 3 aromatic carbocycles. The molecule has 0 aliphatic rings. The van der Waals surface area contributed by atoms with E-state index in [0.29, 0.717) is 19.6 Å². The Bertz CT molecular complexity index is 1040. The van der Waals surface area contributed by atoms with E-state index >= 15 is 0 Å². The molecule has 0 heterocycles. The molecule has 6 heteroatoms. The van der Waals surface area contributed by atoms with E-state index in [1.807, 2.05) is 91.0 Å². The Hall–Kier alpha value is -3.29. The summed E-state index contributed by atoms with van der Waals surface area (Å²) in [5.41, 5.74) is 3.00. The van der Waals surface area contributed by atoms with Crippen molar-refractivity contribution in [1.29, 1.82) is 0 Å². The summed E-state index contributed by atoms with van der Waals surface area (Å²) in [5.74, 6) is -0.241. The van der Waals surface area contributed by atoms with Gasteiger partial charge in [-0.3, -0.25) is 4.79 Å². The maximum absolute atomic E-state index is 11.9. The Morgan fingerprint density at radius 1 is 0.838 bits per heavy atom. The van der Waals surface area contributed by atoms with Gasteiger partial charge in [0.2, 0.25) is 5.91 Å². The van der Waals surface area contributed by atoms with Gasteiger partial charge in [0, 0.05) is 6.92 Å². The zero-order valence-corrected chi connectivity index (χ0v) is 21.4. The Kier molecular flexibility index (Phi) is 12.0. The average Bonchev–Trinajstić information content (AvgIpc) is 2.92. The first kappa shape index (κ1) is 28.3. The zero-order chi connectivity index (χ0) is 26.3. The summed E-state index contributed by atoms with van der Waals surface area (Å²) in [5, 5.41) is 14.3. The Morgan fingerprint density at radius 2 is 1.32 bits per heavy atom. The SMILES string of the molecule is C=CCC(NC(C)=O)C(O)C(OCc1ccccc1)C(COCc1ccccc1)OCc1ccccc1. The van der Waals surface area contributed by atoms with Crippen molar-refractivity contribution in [1.82, 2.24) is 5.32 Å². The molecule has 4 unspecified atom stereocenters. The summed E-state index contributed by atoms with van der Waals surface area (Å²) in [4.78, 5) is 11.9. The lowest BCUT2D eigenvalue weighted by Gasteiger charge is -2.35. The minimum Gasteiger partial charge on any atom is -0.388 e. The number of nitrogens with one attached hydrogen (secondary N) is 1. The fourth-order valence-electron chi connectivity index (χ4n) is 4.03. The van der Waals surface area contributed by atoms with Crippen LogP contribution in [0.4, 0.5) is 0 Å². The molecule has 1 amide bonds. The second-order valence-electron chi connectivity index (χ2n) is 8.92. The second kappa shape index (κ2) is 15.7. The molecule has 4 atom stereocenters. The molecule has 0 radical (unpaired) electrons. The van der Waals surface area contributed by atoms with Gasteiger partial charge in [0.25, 0.3) is 0 Å². The van der Waals surface area contributed by atoms with Crippen molar-refractivity contribution in [3.05, 3.63) is 120 Å². The number of carbonyl (C=O) groups excluding carboxylic acids is 1. The third kappa shape index (κ3) is 9.94. The first-order valence-electron chi connectivity index (χ1n) is 12.6. The van der Waals surface area contributed by atoms with Crippen molar-refractivity contribution in [2.24, 2.45) is 0 Å². The summed E-state index contributed by atoms with van der Waals surface area (Å²) < 4.78 is 18.7. The van der Waals surface area contributed by atoms with Crippen LogP contribution in [0.1, 0.15) is 30.0 Å². The van der Waals surface area contributed by atoms with Crippen LogP contribution in [0.5, 0.6) is 0 Å². The van der Waals surface area contributed by atoms with Crippen molar-refractivity contribution in [3.8, 4) is 0 Å². The minimum absolute atomic E-state index is 0.194. The Balaban J connectivity index is 1.82. The molecule has 0 bridgehead atoms. The standard InChI is InChI=1S/C31H37NO5/c1-3-13-28(32-24(2)33)30(34)31(37-22-27-18-11-6-12-19-27)29(36-21-26-16-9-5-10-17-26)23-35-20-25-14-7-4-8-15-25/h3-12,14-19,28-31,34H,1,13,20-23H2,2H3,(H,32,33). The molecule has 6 nitrogen and oxygen atoms in total. The molecule has 196 valence electrons. The highest BCUT2D eigenvalue weighted by Gasteiger charge is 2.35. The van der Waals surface area contributed by atoms with Crippen molar-refractivity contribution in [2.45, 2.75) is 57.5 Å². The molecule has 37 heavy (non-hydrogen) atoms. The highest BCUT2D eigenvalue weighted by molar-refractivity contribution is 5.73. The molecule has 3 rings (SSSR count). The fourth-order valence-corrected chi connectivity index (χ4v) is 4.03. The molecular weight excluding hydrogens is 466 g/mol. The number of hydrogen-bond acceptors (Lipinski definition) is 5. The van der Waals surface area contributed by atoms with Crippen LogP contribution in [-0.4, -0.2) is 42.0 Å². The topological polar surface area (TPSA) is 77.0 Å². The van der Waals surface area contributed by atoms with Gasteiger partial charge in [0.1, 0.15) is 18.3 Å². The van der Waals surface area contributed by atoms with Gasteiger partial charge in [0.05, 0.1) is 32.5 Å². The van der Waals surface area contributed by atoms with Gasteiger partial charge >= 0.3 is 0 Å². The molecule has 3 aromatic rings. The molecule has 0 aliphatic heterocycles. The second-order valence-corrected chi connectivity index (χ2v) is 8.92. The van der Waals surface area contributed by atoms with Crippen molar-refractivity contribution in [2.75, 3.05) is 6.61 Å². The van der Waals surface area contributed by atoms with Gasteiger partial charge in [-0.05, 0) is 23.1 Å². The molecule has 2 N–H and O–H groups in total. The molecule has 0 aliphatic carbocycles. The number of aliphatic hydroxyl groups excluding tert-OH is 1. The van der Waals surface area contributed by atoms with E-state index in [1.165, 1.54) is 6.92 Å². The monoisotopic (exact) mass is 503 g/mol. The van der Waals surface area contributed by atoms with E-state index in [4.69, 9.17) is 14.2 Å². The van der Waals surface area contributed by atoms with Gasteiger partial charge in [-0.15, -0.1) is 6.58 Å². The number of rotatable bonds is 16. The van der Waals surface area contributed by atoms with Gasteiger partial charge < -0.3 is 24.6 Å². The van der Waals surface area contributed by atoms with E-state index in [1.54, 1.807) is 6.08 Å². The Morgan fingerprint density at radius 3 is 1.81 bits per heavy atom. The lowest BCUT2D eigenvalue weighted by Crippen LogP contribution is -2.54. The maximum atomic E-state index is 11.9. The number of amides is 1. The lowest BCUT2D eigenvalue weighted by atomic mass is 9.98. The quantitative estimate of drug-likeness (QED) is 0.274. The fraction of sp³-hybridized carbons (Fsp3) is 0.323. The van der Waals surface area contributed by atoms with Crippen LogP contribution in [0, 0.1) is 0 Å². The highest BCUT2D eigenvalue weighted by atomic mass is 16.6. The molecule has 0 spiro atoms. The van der Waals surface area contributed by atoms with Crippen molar-refractivity contribution >= 4 is 5.91 Å². The molecule has 0 saturated heterocycles. The average molecular weight is 504 g/mol. The summed E-state index contributed by atoms with van der Waals surface area (Å²) >= 11 is 0. The van der Waals surface area contributed by atoms with Crippen LogP contribution in [0.3, 0.4) is 0 Å². The molecular formula is C31H37NO5. The van der Waals surface area contributed by atoms with Crippen molar-refractivity contribution in [3.63, 3.8) is 0 Å². The first-order valence-corrected chi connectivity index (χ1v) is 12.6. The normalized spacial score (nSPS) is 14.3. The van der Waals surface area contributed by atoms with E-state index in [0.717, 1.165) is 16.7 Å². The maximum Gasteiger partial charge on any atom is 0.217 e. The smallest absolute Gasteiger partial charge is 0.217 e. The molecule has 0 saturated carbocycles. The third-order valence-electron chi connectivity index (χ3n) is 5.91. The predicted molar refractivity (Wildman–Crippen MR) is 145 cm³/mol. The van der Waals surface area contributed by atoms with Crippen LogP contribution in [0.2, 0.25) is 0 Å². The largest absolute Gasteiger partial charge is 0.388 e. The summed E-state index contributed by atoms with van der Waals surface area (Å²) in [6, 6.07) is 28.9. The molecule has 0 aromatic heterocycles. The van der Waals surface area contributed by atoms with Crippen LogP contribution < -0.4 is 5.32 Å². The number of hydrogen-bond donors (Lipinski definition) is 2. The van der Waals surface area contributed by atoms with Gasteiger partial charge in [0.15, 0.2) is 0 Å². The first-order chi connectivity index (χ1) is 18.1. The number of benzene rings is 3. The summed E-state index contributed by atoms with van der Waals surface area (Å²) in [7, 11) is 0.